The Bertz CT molecular complexity index is 1010. The third-order valence-electron chi connectivity index (χ3n) is 3.56. The van der Waals surface area contributed by atoms with E-state index in [1.54, 1.807) is 12.1 Å². The molecule has 0 radical (unpaired) electrons. The van der Waals surface area contributed by atoms with Crippen LogP contribution in [0.25, 0.3) is 0 Å². The topological polar surface area (TPSA) is 81.7 Å². The van der Waals surface area contributed by atoms with Gasteiger partial charge in [-0.3, -0.25) is 0 Å². The lowest BCUT2D eigenvalue weighted by molar-refractivity contribution is 0.0692. The van der Waals surface area contributed by atoms with Crippen molar-refractivity contribution >= 4 is 5.97 Å². The second-order valence-corrected chi connectivity index (χ2v) is 5.35. The summed E-state index contributed by atoms with van der Waals surface area (Å²) in [5.41, 5.74) is 0.372. The summed E-state index contributed by atoms with van der Waals surface area (Å²) >= 11 is 0. The van der Waals surface area contributed by atoms with E-state index in [-0.39, 0.29) is 29.6 Å². The first-order chi connectivity index (χ1) is 13.1. The van der Waals surface area contributed by atoms with E-state index < -0.39 is 11.8 Å². The van der Waals surface area contributed by atoms with Crippen molar-refractivity contribution in [3.8, 4) is 23.3 Å². The van der Waals surface area contributed by atoms with Crippen molar-refractivity contribution in [1.82, 2.24) is 0 Å². The molecule has 0 aliphatic rings. The van der Waals surface area contributed by atoms with Crippen molar-refractivity contribution in [2.24, 2.45) is 0 Å². The van der Waals surface area contributed by atoms with Crippen molar-refractivity contribution < 1.29 is 27.8 Å². The Labute approximate surface area is 154 Å². The lowest BCUT2D eigenvalue weighted by Crippen LogP contribution is -2.08. The van der Waals surface area contributed by atoms with Gasteiger partial charge in [0.15, 0.2) is 23.1 Å². The van der Waals surface area contributed by atoms with E-state index in [0.717, 1.165) is 0 Å². The molecule has 0 bridgehead atoms. The highest BCUT2D eigenvalue weighted by molar-refractivity contribution is 5.88. The van der Waals surface area contributed by atoms with Crippen LogP contribution in [-0.4, -0.2) is 13.1 Å². The number of furan rings is 1. The first-order valence-corrected chi connectivity index (χ1v) is 7.87. The van der Waals surface area contributed by atoms with Crippen molar-refractivity contribution in [1.29, 1.82) is 5.26 Å². The molecule has 0 aliphatic heterocycles. The molecule has 136 valence electrons. The Morgan fingerprint density at radius 3 is 2.67 bits per heavy atom. The Morgan fingerprint density at radius 1 is 1.11 bits per heavy atom. The number of benzene rings is 2. The summed E-state index contributed by atoms with van der Waals surface area (Å²) < 4.78 is 34.6. The summed E-state index contributed by atoms with van der Waals surface area (Å²) in [6.45, 7) is -0.0472. The van der Waals surface area contributed by atoms with Crippen molar-refractivity contribution in [2.75, 3.05) is 7.11 Å². The van der Waals surface area contributed by atoms with Crippen LogP contribution in [-0.2, 0) is 6.61 Å². The summed E-state index contributed by atoms with van der Waals surface area (Å²) in [5.74, 6) is -0.461. The fourth-order valence-corrected chi connectivity index (χ4v) is 2.25. The van der Waals surface area contributed by atoms with Crippen molar-refractivity contribution in [3.63, 3.8) is 0 Å². The molecule has 7 heteroatoms. The molecule has 6 nitrogen and oxygen atoms in total. The van der Waals surface area contributed by atoms with E-state index >= 15 is 0 Å². The van der Waals surface area contributed by atoms with Crippen LogP contribution in [0.1, 0.15) is 21.9 Å². The number of nitriles is 1. The molecule has 0 saturated carbocycles. The molecule has 1 heterocycles. The zero-order valence-electron chi connectivity index (χ0n) is 14.3. The highest BCUT2D eigenvalue weighted by Gasteiger charge is 2.17. The molecular formula is C20H14FNO5. The van der Waals surface area contributed by atoms with Crippen LogP contribution in [0, 0.1) is 17.1 Å². The first kappa shape index (κ1) is 18.0. The Balaban J connectivity index is 1.67. The van der Waals surface area contributed by atoms with Gasteiger partial charge in [0.1, 0.15) is 12.4 Å². The van der Waals surface area contributed by atoms with Crippen LogP contribution in [0.4, 0.5) is 4.39 Å². The number of hydrogen-bond donors (Lipinski definition) is 0. The van der Waals surface area contributed by atoms with Crippen LogP contribution in [0.5, 0.6) is 17.2 Å². The van der Waals surface area contributed by atoms with Crippen LogP contribution < -0.4 is 14.2 Å². The minimum atomic E-state index is -0.741. The maximum Gasteiger partial charge on any atom is 0.379 e. The van der Waals surface area contributed by atoms with Crippen LogP contribution in [0.2, 0.25) is 0 Å². The number of hydrogen-bond acceptors (Lipinski definition) is 6. The third-order valence-corrected chi connectivity index (χ3v) is 3.56. The lowest BCUT2D eigenvalue weighted by Gasteiger charge is -2.08. The molecule has 0 N–H and O–H groups in total. The predicted octanol–water partition coefficient (Wildman–Crippen LogP) is 4.10. The van der Waals surface area contributed by atoms with Crippen molar-refractivity contribution in [2.45, 2.75) is 6.61 Å². The van der Waals surface area contributed by atoms with E-state index in [2.05, 4.69) is 0 Å². The number of esters is 1. The van der Waals surface area contributed by atoms with Gasteiger partial charge in [-0.2, -0.15) is 5.26 Å². The Hall–Kier alpha value is -3.79. The summed E-state index contributed by atoms with van der Waals surface area (Å²) in [6.07, 6.45) is 0. The van der Waals surface area contributed by atoms with Crippen LogP contribution in [0.15, 0.2) is 59.0 Å². The molecule has 0 unspecified atom stereocenters. The number of carbonyl (C=O) groups is 1. The molecule has 0 saturated heterocycles. The maximum atomic E-state index is 13.5. The van der Waals surface area contributed by atoms with E-state index in [1.165, 1.54) is 49.6 Å². The zero-order valence-corrected chi connectivity index (χ0v) is 14.3. The smallest absolute Gasteiger partial charge is 0.379 e. The summed E-state index contributed by atoms with van der Waals surface area (Å²) in [6, 6.07) is 15.3. The van der Waals surface area contributed by atoms with Gasteiger partial charge in [-0.05, 0) is 36.4 Å². The molecule has 2 aromatic carbocycles. The quantitative estimate of drug-likeness (QED) is 0.482. The number of halogens is 1. The van der Waals surface area contributed by atoms with Crippen LogP contribution in [0.3, 0.4) is 0 Å². The Morgan fingerprint density at radius 2 is 1.93 bits per heavy atom. The van der Waals surface area contributed by atoms with Gasteiger partial charge in [0.25, 0.3) is 0 Å². The second-order valence-electron chi connectivity index (χ2n) is 5.35. The van der Waals surface area contributed by atoms with Crippen molar-refractivity contribution in [3.05, 3.63) is 77.5 Å². The second kappa shape index (κ2) is 8.06. The molecule has 0 atom stereocenters. The largest absolute Gasteiger partial charge is 0.493 e. The van der Waals surface area contributed by atoms with E-state index in [4.69, 9.17) is 23.9 Å². The monoisotopic (exact) mass is 367 g/mol. The van der Waals surface area contributed by atoms with Gasteiger partial charge < -0.3 is 18.6 Å². The van der Waals surface area contributed by atoms with Gasteiger partial charge >= 0.3 is 5.97 Å². The van der Waals surface area contributed by atoms with E-state index in [9.17, 15) is 9.18 Å². The minimum Gasteiger partial charge on any atom is -0.493 e. The number of nitrogens with zero attached hydrogens (tertiary/aromatic N) is 1. The van der Waals surface area contributed by atoms with Crippen LogP contribution >= 0.6 is 0 Å². The normalized spacial score (nSPS) is 10.1. The zero-order chi connectivity index (χ0) is 19.2. The molecule has 0 fully saturated rings. The number of para-hydroxylation sites is 1. The molecule has 3 aromatic rings. The fourth-order valence-electron chi connectivity index (χ4n) is 2.25. The summed E-state index contributed by atoms with van der Waals surface area (Å²) in [7, 11) is 1.40. The maximum absolute atomic E-state index is 13.5. The highest BCUT2D eigenvalue weighted by atomic mass is 19.1. The summed E-state index contributed by atoms with van der Waals surface area (Å²) in [5, 5.41) is 8.90. The van der Waals surface area contributed by atoms with Gasteiger partial charge in [0.05, 0.1) is 18.7 Å². The molecule has 1 aromatic heterocycles. The molecule has 0 spiro atoms. The molecule has 0 aliphatic carbocycles. The van der Waals surface area contributed by atoms with Gasteiger partial charge in [0.2, 0.25) is 5.76 Å². The van der Waals surface area contributed by atoms with Gasteiger partial charge in [-0.15, -0.1) is 0 Å². The summed E-state index contributed by atoms with van der Waals surface area (Å²) in [4.78, 5) is 12.2. The van der Waals surface area contributed by atoms with Gasteiger partial charge in [0, 0.05) is 6.07 Å². The third kappa shape index (κ3) is 4.25. The Kier molecular flexibility index (Phi) is 5.38. The molecular weight excluding hydrogens is 353 g/mol. The number of ether oxygens (including phenoxy) is 3. The average Bonchev–Trinajstić information content (AvgIpc) is 3.17. The minimum absolute atomic E-state index is 0.0472. The predicted molar refractivity (Wildman–Crippen MR) is 92.1 cm³/mol. The SMILES string of the molecule is COc1cc(C#N)ccc1OC(=O)c1ccc(COc2ccccc2F)o1. The standard InChI is InChI=1S/C20H14FNO5/c1-24-19-10-13(11-22)6-8-17(19)27-20(23)18-9-7-14(26-18)12-25-16-5-3-2-4-15(16)21/h2-10H,12H2,1H3. The lowest BCUT2D eigenvalue weighted by atomic mass is 10.2. The average molecular weight is 367 g/mol. The van der Waals surface area contributed by atoms with E-state index in [0.29, 0.717) is 11.3 Å². The molecule has 0 amide bonds. The van der Waals surface area contributed by atoms with E-state index in [1.807, 2.05) is 6.07 Å². The highest BCUT2D eigenvalue weighted by Crippen LogP contribution is 2.29. The molecule has 3 rings (SSSR count). The van der Waals surface area contributed by atoms with Gasteiger partial charge in [-0.1, -0.05) is 12.1 Å². The number of rotatable bonds is 6. The van der Waals surface area contributed by atoms with Gasteiger partial charge in [-0.25, -0.2) is 9.18 Å². The number of methoxy groups -OCH3 is 1. The molecule has 27 heavy (non-hydrogen) atoms. The number of carbonyl (C=O) groups excluding carboxylic acids is 1. The fraction of sp³-hybridized carbons (Fsp3) is 0.100. The first-order valence-electron chi connectivity index (χ1n) is 7.87.